The van der Waals surface area contributed by atoms with Gasteiger partial charge in [0, 0.05) is 12.3 Å². The first-order valence-corrected chi connectivity index (χ1v) is 2.48. The number of aromatic hydroxyl groups is 1. The molecule has 0 saturated carbocycles. The van der Waals surface area contributed by atoms with E-state index in [0.29, 0.717) is 5.71 Å². The summed E-state index contributed by atoms with van der Waals surface area (Å²) in [5.74, 6) is 0.118. The number of fused-ring (bicyclic) bond motifs is 1. The van der Waals surface area contributed by atoms with Crippen LogP contribution >= 0.6 is 0 Å². The molecule has 2 aromatic heterocycles. The lowest BCUT2D eigenvalue weighted by atomic mass is 10.6. The Bertz CT molecular complexity index is 322. The SMILES string of the molecule is Oc1ccn2cnoc12. The minimum absolute atomic E-state index is 0.118. The molecule has 46 valence electrons. The highest BCUT2D eigenvalue weighted by Crippen LogP contribution is 2.17. The largest absolute Gasteiger partial charge is 0.503 e. The normalized spacial score (nSPS) is 10.7. The molecule has 0 aliphatic carbocycles. The second kappa shape index (κ2) is 1.28. The first-order chi connectivity index (χ1) is 4.38. The van der Waals surface area contributed by atoms with E-state index in [0.717, 1.165) is 0 Å². The van der Waals surface area contributed by atoms with Crippen LogP contribution in [-0.2, 0) is 0 Å². The molecule has 0 aliphatic rings. The van der Waals surface area contributed by atoms with Crippen LogP contribution in [0.1, 0.15) is 0 Å². The Hall–Kier alpha value is -1.45. The molecule has 0 saturated heterocycles. The molecule has 0 radical (unpaired) electrons. The standard InChI is InChI=1S/C5H4N2O2/c8-4-1-2-7-3-6-9-5(4)7/h1-3,8H. The molecule has 4 heteroatoms. The van der Waals surface area contributed by atoms with Crippen LogP contribution in [0.15, 0.2) is 23.1 Å². The van der Waals surface area contributed by atoms with Crippen molar-refractivity contribution in [2.45, 2.75) is 0 Å². The second-order valence-electron chi connectivity index (χ2n) is 1.73. The Morgan fingerprint density at radius 1 is 1.67 bits per heavy atom. The molecule has 0 fully saturated rings. The monoisotopic (exact) mass is 124 g/mol. The first kappa shape index (κ1) is 4.43. The van der Waals surface area contributed by atoms with Crippen molar-refractivity contribution in [2.24, 2.45) is 0 Å². The van der Waals surface area contributed by atoms with Gasteiger partial charge in [-0.15, -0.1) is 0 Å². The number of rotatable bonds is 0. The third kappa shape index (κ3) is 0.440. The summed E-state index contributed by atoms with van der Waals surface area (Å²) in [7, 11) is 0. The second-order valence-corrected chi connectivity index (χ2v) is 1.73. The van der Waals surface area contributed by atoms with Crippen molar-refractivity contribution in [1.82, 2.24) is 9.56 Å². The van der Waals surface area contributed by atoms with E-state index in [1.165, 1.54) is 6.33 Å². The molecule has 2 heterocycles. The van der Waals surface area contributed by atoms with E-state index in [1.807, 2.05) is 0 Å². The predicted octanol–water partition coefficient (Wildman–Crippen LogP) is 0.633. The molecule has 4 nitrogen and oxygen atoms in total. The molecule has 2 aromatic rings. The quantitative estimate of drug-likeness (QED) is 0.560. The number of hydrogen-bond acceptors (Lipinski definition) is 3. The Balaban J connectivity index is 2.99. The molecule has 0 amide bonds. The summed E-state index contributed by atoms with van der Waals surface area (Å²) in [5.41, 5.74) is 0.384. The Kier molecular flexibility index (Phi) is 0.631. The van der Waals surface area contributed by atoms with Gasteiger partial charge in [0.25, 0.3) is 5.71 Å². The first-order valence-electron chi connectivity index (χ1n) is 2.48. The lowest BCUT2D eigenvalue weighted by Crippen LogP contribution is -1.67. The van der Waals surface area contributed by atoms with Gasteiger partial charge >= 0.3 is 0 Å². The van der Waals surface area contributed by atoms with Gasteiger partial charge in [0.2, 0.25) is 0 Å². The van der Waals surface area contributed by atoms with Crippen molar-refractivity contribution in [3.05, 3.63) is 18.6 Å². The molecule has 0 aromatic carbocycles. The maximum Gasteiger partial charge on any atom is 0.277 e. The Labute approximate surface area is 50.3 Å². The van der Waals surface area contributed by atoms with Gasteiger partial charge in [0.05, 0.1) is 0 Å². The van der Waals surface area contributed by atoms with Crippen molar-refractivity contribution in [3.8, 4) is 5.75 Å². The van der Waals surface area contributed by atoms with Gasteiger partial charge in [0.15, 0.2) is 5.75 Å². The van der Waals surface area contributed by atoms with Crippen LogP contribution in [0.25, 0.3) is 5.71 Å². The summed E-state index contributed by atoms with van der Waals surface area (Å²) in [6, 6.07) is 1.54. The van der Waals surface area contributed by atoms with Crippen molar-refractivity contribution in [3.63, 3.8) is 0 Å². The summed E-state index contributed by atoms with van der Waals surface area (Å²) in [5, 5.41) is 12.4. The smallest absolute Gasteiger partial charge is 0.277 e. The van der Waals surface area contributed by atoms with E-state index >= 15 is 0 Å². The molecular weight excluding hydrogens is 120 g/mol. The van der Waals surface area contributed by atoms with Crippen LogP contribution in [0.3, 0.4) is 0 Å². The van der Waals surface area contributed by atoms with Crippen molar-refractivity contribution in [1.29, 1.82) is 0 Å². The molecule has 0 spiro atoms. The van der Waals surface area contributed by atoms with Gasteiger partial charge in [0.1, 0.15) is 6.33 Å². The molecule has 0 unspecified atom stereocenters. The third-order valence-electron chi connectivity index (χ3n) is 1.16. The fourth-order valence-electron chi connectivity index (χ4n) is 0.731. The third-order valence-corrected chi connectivity index (χ3v) is 1.16. The average Bonchev–Trinajstić information content (AvgIpc) is 2.35. The Morgan fingerprint density at radius 3 is 3.33 bits per heavy atom. The number of aromatic nitrogens is 2. The molecule has 1 N–H and O–H groups in total. The minimum atomic E-state index is 0.118. The minimum Gasteiger partial charge on any atom is -0.503 e. The number of hydrogen-bond donors (Lipinski definition) is 1. The van der Waals surface area contributed by atoms with E-state index < -0.39 is 0 Å². The average molecular weight is 124 g/mol. The van der Waals surface area contributed by atoms with Crippen LogP contribution in [0, 0.1) is 0 Å². The van der Waals surface area contributed by atoms with E-state index in [9.17, 15) is 0 Å². The fraction of sp³-hybridized carbons (Fsp3) is 0. The Morgan fingerprint density at radius 2 is 2.56 bits per heavy atom. The lowest BCUT2D eigenvalue weighted by molar-refractivity contribution is 0.421. The van der Waals surface area contributed by atoms with E-state index in [-0.39, 0.29) is 5.75 Å². The van der Waals surface area contributed by atoms with Crippen molar-refractivity contribution < 1.29 is 9.63 Å². The fourth-order valence-corrected chi connectivity index (χ4v) is 0.731. The summed E-state index contributed by atoms with van der Waals surface area (Å²) in [6.07, 6.45) is 3.15. The number of nitrogens with zero attached hydrogens (tertiary/aromatic N) is 2. The zero-order valence-electron chi connectivity index (χ0n) is 4.48. The zero-order valence-corrected chi connectivity index (χ0v) is 4.48. The highest BCUT2D eigenvalue weighted by atomic mass is 16.5. The van der Waals surface area contributed by atoms with E-state index in [2.05, 4.69) is 9.68 Å². The van der Waals surface area contributed by atoms with Crippen LogP contribution < -0.4 is 0 Å². The summed E-state index contributed by atoms with van der Waals surface area (Å²) in [4.78, 5) is 0. The topological polar surface area (TPSA) is 50.7 Å². The van der Waals surface area contributed by atoms with Gasteiger partial charge < -0.3 is 9.63 Å². The van der Waals surface area contributed by atoms with Crippen LogP contribution in [0.5, 0.6) is 5.75 Å². The van der Waals surface area contributed by atoms with Gasteiger partial charge in [-0.3, -0.25) is 4.40 Å². The lowest BCUT2D eigenvalue weighted by Gasteiger charge is -1.75. The molecular formula is C5H4N2O2. The van der Waals surface area contributed by atoms with Crippen molar-refractivity contribution in [2.75, 3.05) is 0 Å². The summed E-state index contributed by atoms with van der Waals surface area (Å²) in [6.45, 7) is 0. The molecule has 0 atom stereocenters. The van der Waals surface area contributed by atoms with Crippen LogP contribution in [0.2, 0.25) is 0 Å². The summed E-state index contributed by atoms with van der Waals surface area (Å²) < 4.78 is 6.24. The van der Waals surface area contributed by atoms with Crippen LogP contribution in [0.4, 0.5) is 0 Å². The van der Waals surface area contributed by atoms with E-state index in [1.54, 1.807) is 16.7 Å². The van der Waals surface area contributed by atoms with Gasteiger partial charge in [-0.05, 0) is 0 Å². The van der Waals surface area contributed by atoms with Gasteiger partial charge in [-0.2, -0.15) is 0 Å². The highest BCUT2D eigenvalue weighted by molar-refractivity contribution is 5.49. The zero-order chi connectivity index (χ0) is 6.27. The van der Waals surface area contributed by atoms with E-state index in [4.69, 9.17) is 5.11 Å². The maximum atomic E-state index is 8.95. The summed E-state index contributed by atoms with van der Waals surface area (Å²) >= 11 is 0. The predicted molar refractivity (Wildman–Crippen MR) is 29.1 cm³/mol. The van der Waals surface area contributed by atoms with Gasteiger partial charge in [-0.1, -0.05) is 5.16 Å². The molecule has 2 rings (SSSR count). The highest BCUT2D eigenvalue weighted by Gasteiger charge is 2.01. The maximum absolute atomic E-state index is 8.95. The molecule has 9 heavy (non-hydrogen) atoms. The van der Waals surface area contributed by atoms with Crippen molar-refractivity contribution >= 4 is 5.71 Å². The molecule has 0 aliphatic heterocycles. The van der Waals surface area contributed by atoms with Gasteiger partial charge in [-0.25, -0.2) is 0 Å². The van der Waals surface area contributed by atoms with Crippen LogP contribution in [-0.4, -0.2) is 14.7 Å². The molecule has 0 bridgehead atoms.